The van der Waals surface area contributed by atoms with Crippen molar-refractivity contribution in [3.8, 4) is 0 Å². The zero-order valence-corrected chi connectivity index (χ0v) is 13.8. The number of nitrogens with zero attached hydrogens (tertiary/aromatic N) is 1. The van der Waals surface area contributed by atoms with Crippen molar-refractivity contribution in [2.45, 2.75) is 45.8 Å². The van der Waals surface area contributed by atoms with Gasteiger partial charge < -0.3 is 9.31 Å². The number of aromatic nitrogens is 1. The molecule has 0 spiro atoms. The number of hydrogen-bond acceptors (Lipinski definition) is 3. The summed E-state index contributed by atoms with van der Waals surface area (Å²) >= 11 is 0.205. The van der Waals surface area contributed by atoms with Crippen molar-refractivity contribution in [2.24, 2.45) is 0 Å². The minimum absolute atomic E-state index is 0.205. The van der Waals surface area contributed by atoms with Gasteiger partial charge in [-0.05, 0) is 57.8 Å². The van der Waals surface area contributed by atoms with Crippen LogP contribution in [0.15, 0.2) is 24.4 Å². The van der Waals surface area contributed by atoms with Crippen LogP contribution in [0.2, 0.25) is 0 Å². The third-order valence-corrected chi connectivity index (χ3v) is 5.20. The van der Waals surface area contributed by atoms with Crippen LogP contribution in [0.1, 0.15) is 33.3 Å². The van der Waals surface area contributed by atoms with Gasteiger partial charge in [0.25, 0.3) is 0 Å². The van der Waals surface area contributed by atoms with Crippen molar-refractivity contribution in [3.05, 3.63) is 30.0 Å². The van der Waals surface area contributed by atoms with Gasteiger partial charge in [-0.1, -0.05) is 6.07 Å². The summed E-state index contributed by atoms with van der Waals surface area (Å²) in [5.41, 5.74) is 2.21. The van der Waals surface area contributed by atoms with Gasteiger partial charge in [-0.3, -0.25) is 3.97 Å². The number of aryl methyl sites for hydroxylation is 1. The van der Waals surface area contributed by atoms with Crippen molar-refractivity contribution in [2.75, 3.05) is 0 Å². The van der Waals surface area contributed by atoms with Crippen LogP contribution in [0.5, 0.6) is 0 Å². The Hall–Kier alpha value is -0.975. The number of hydrogen-bond donors (Lipinski definition) is 0. The standard InChI is InChI=1S/C15H19BFNO2S/c1-10-11-8-9-18(21-17)13(11)7-6-12(10)16-19-14(2,3)15(4,5)20-16/h6-9H,1-5H3. The van der Waals surface area contributed by atoms with E-state index in [1.54, 1.807) is 6.20 Å². The lowest BCUT2D eigenvalue weighted by Gasteiger charge is -2.32. The van der Waals surface area contributed by atoms with Crippen molar-refractivity contribution in [1.29, 1.82) is 0 Å². The Morgan fingerprint density at radius 3 is 2.29 bits per heavy atom. The van der Waals surface area contributed by atoms with Crippen LogP contribution in [-0.2, 0) is 9.31 Å². The first-order chi connectivity index (χ1) is 9.77. The molecule has 112 valence electrons. The summed E-state index contributed by atoms with van der Waals surface area (Å²) in [6.07, 6.45) is 1.73. The fraction of sp³-hybridized carbons (Fsp3) is 0.467. The first-order valence-electron chi connectivity index (χ1n) is 7.02. The van der Waals surface area contributed by atoms with Crippen LogP contribution in [-0.4, -0.2) is 22.3 Å². The van der Waals surface area contributed by atoms with Gasteiger partial charge in [0.15, 0.2) is 12.3 Å². The second-order valence-electron chi connectivity index (χ2n) is 6.51. The van der Waals surface area contributed by atoms with Crippen LogP contribution in [0.25, 0.3) is 10.9 Å². The highest BCUT2D eigenvalue weighted by Gasteiger charge is 2.52. The fourth-order valence-electron chi connectivity index (χ4n) is 2.64. The largest absolute Gasteiger partial charge is 0.495 e. The highest BCUT2D eigenvalue weighted by atomic mass is 32.2. The lowest BCUT2D eigenvalue weighted by molar-refractivity contribution is 0.00578. The van der Waals surface area contributed by atoms with Gasteiger partial charge in [-0.2, -0.15) is 0 Å². The van der Waals surface area contributed by atoms with E-state index in [0.29, 0.717) is 0 Å². The van der Waals surface area contributed by atoms with E-state index in [1.165, 1.54) is 3.97 Å². The maximum atomic E-state index is 12.9. The summed E-state index contributed by atoms with van der Waals surface area (Å²) in [6.45, 7) is 10.2. The quantitative estimate of drug-likeness (QED) is 0.792. The van der Waals surface area contributed by atoms with Crippen LogP contribution < -0.4 is 5.46 Å². The third-order valence-electron chi connectivity index (χ3n) is 4.73. The van der Waals surface area contributed by atoms with Crippen molar-refractivity contribution in [3.63, 3.8) is 0 Å². The maximum Gasteiger partial charge on any atom is 0.495 e. The normalized spacial score (nSPS) is 20.4. The Bertz CT molecular complexity index is 682. The molecule has 1 aliphatic rings. The van der Waals surface area contributed by atoms with E-state index in [0.717, 1.165) is 21.9 Å². The fourth-order valence-corrected chi connectivity index (χ4v) is 2.98. The summed E-state index contributed by atoms with van der Waals surface area (Å²) in [5, 5.41) is 1.02. The van der Waals surface area contributed by atoms with Crippen molar-refractivity contribution >= 4 is 35.8 Å². The highest BCUT2D eigenvalue weighted by Crippen LogP contribution is 2.37. The van der Waals surface area contributed by atoms with Crippen molar-refractivity contribution in [1.82, 2.24) is 3.97 Å². The average Bonchev–Trinajstić information content (AvgIpc) is 2.89. The third kappa shape index (κ3) is 2.20. The monoisotopic (exact) mass is 307 g/mol. The number of halogens is 1. The smallest absolute Gasteiger partial charge is 0.399 e. The molecule has 0 aliphatic carbocycles. The molecule has 21 heavy (non-hydrogen) atoms. The Balaban J connectivity index is 2.05. The topological polar surface area (TPSA) is 23.4 Å². The molecule has 1 fully saturated rings. The molecule has 0 unspecified atom stereocenters. The molecule has 0 amide bonds. The summed E-state index contributed by atoms with van der Waals surface area (Å²) in [6, 6.07) is 5.80. The molecule has 1 saturated heterocycles. The second-order valence-corrected chi connectivity index (χ2v) is 7.04. The van der Waals surface area contributed by atoms with Crippen LogP contribution in [0.4, 0.5) is 3.89 Å². The molecule has 3 nitrogen and oxygen atoms in total. The minimum atomic E-state index is -0.388. The molecule has 1 aromatic heterocycles. The second kappa shape index (κ2) is 4.76. The zero-order valence-electron chi connectivity index (χ0n) is 12.9. The summed E-state index contributed by atoms with van der Waals surface area (Å²) in [7, 11) is -0.388. The molecule has 6 heteroatoms. The predicted molar refractivity (Wildman–Crippen MR) is 86.5 cm³/mol. The Kier molecular flexibility index (Phi) is 3.39. The van der Waals surface area contributed by atoms with Gasteiger partial charge >= 0.3 is 7.12 Å². The van der Waals surface area contributed by atoms with E-state index in [-0.39, 0.29) is 30.7 Å². The summed E-state index contributed by atoms with van der Waals surface area (Å²) in [4.78, 5) is 0. The number of benzene rings is 1. The first-order valence-corrected chi connectivity index (χ1v) is 7.69. The molecule has 0 radical (unpaired) electrons. The van der Waals surface area contributed by atoms with Crippen LogP contribution in [0, 0.1) is 6.92 Å². The minimum Gasteiger partial charge on any atom is -0.399 e. The summed E-state index contributed by atoms with van der Waals surface area (Å²) < 4.78 is 26.6. The van der Waals surface area contributed by atoms with Crippen molar-refractivity contribution < 1.29 is 13.2 Å². The lowest BCUT2D eigenvalue weighted by Crippen LogP contribution is -2.41. The Morgan fingerprint density at radius 1 is 1.10 bits per heavy atom. The Morgan fingerprint density at radius 2 is 1.71 bits per heavy atom. The van der Waals surface area contributed by atoms with Gasteiger partial charge in [-0.15, -0.1) is 3.89 Å². The molecule has 0 saturated carbocycles. The van der Waals surface area contributed by atoms with Crippen LogP contribution >= 0.6 is 12.3 Å². The van der Waals surface area contributed by atoms with E-state index in [9.17, 15) is 3.89 Å². The molecule has 3 rings (SSSR count). The molecule has 1 aliphatic heterocycles. The molecule has 0 N–H and O–H groups in total. The van der Waals surface area contributed by atoms with E-state index >= 15 is 0 Å². The SMILES string of the molecule is Cc1c(B2OC(C)(C)C(C)(C)O2)ccc2c1ccn2SF. The van der Waals surface area contributed by atoms with Gasteiger partial charge in [0.2, 0.25) is 0 Å². The van der Waals surface area contributed by atoms with Gasteiger partial charge in [-0.25, -0.2) is 0 Å². The maximum absolute atomic E-state index is 12.9. The summed E-state index contributed by atoms with van der Waals surface area (Å²) in [5.74, 6) is 0. The highest BCUT2D eigenvalue weighted by molar-refractivity contribution is 7.92. The van der Waals surface area contributed by atoms with E-state index in [4.69, 9.17) is 9.31 Å². The van der Waals surface area contributed by atoms with E-state index in [2.05, 4.69) is 0 Å². The van der Waals surface area contributed by atoms with Crippen LogP contribution in [0.3, 0.4) is 0 Å². The van der Waals surface area contributed by atoms with E-state index in [1.807, 2.05) is 52.8 Å². The molecule has 2 heterocycles. The van der Waals surface area contributed by atoms with Gasteiger partial charge in [0.1, 0.15) is 0 Å². The first kappa shape index (κ1) is 14.9. The van der Waals surface area contributed by atoms with E-state index < -0.39 is 0 Å². The molecule has 2 aromatic rings. The predicted octanol–water partition coefficient (Wildman–Crippen LogP) is 3.63. The molecule has 1 aromatic carbocycles. The zero-order chi connectivity index (χ0) is 15.4. The lowest BCUT2D eigenvalue weighted by atomic mass is 9.75. The van der Waals surface area contributed by atoms with Gasteiger partial charge in [0.05, 0.1) is 16.7 Å². The molecular weight excluding hydrogens is 288 g/mol. The number of fused-ring (bicyclic) bond motifs is 1. The average molecular weight is 307 g/mol. The molecular formula is C15H19BFNO2S. The van der Waals surface area contributed by atoms with Gasteiger partial charge in [0, 0.05) is 11.6 Å². The molecule has 0 bridgehead atoms. The number of rotatable bonds is 2. The Labute approximate surface area is 129 Å². The molecule has 0 atom stereocenters.